The summed E-state index contributed by atoms with van der Waals surface area (Å²) in [6.07, 6.45) is 7.09. The second-order valence-corrected chi connectivity index (χ2v) is 7.56. The van der Waals surface area contributed by atoms with E-state index in [2.05, 4.69) is 35.8 Å². The van der Waals surface area contributed by atoms with Crippen molar-refractivity contribution in [3.05, 3.63) is 64.9 Å². The molecule has 0 spiro atoms. The predicted octanol–water partition coefficient (Wildman–Crippen LogP) is 4.67. The van der Waals surface area contributed by atoms with Crippen LogP contribution in [0.1, 0.15) is 48.9 Å². The lowest BCUT2D eigenvalue weighted by Gasteiger charge is -2.21. The molecular formula is C25H29N3O3. The number of carbonyl (C=O) groups excluding carboxylic acids is 1. The fourth-order valence-electron chi connectivity index (χ4n) is 3.86. The Labute approximate surface area is 183 Å². The molecule has 0 aromatic heterocycles. The van der Waals surface area contributed by atoms with Gasteiger partial charge in [0.2, 0.25) is 0 Å². The number of hydrogen-bond acceptors (Lipinski definition) is 5. The summed E-state index contributed by atoms with van der Waals surface area (Å²) in [6, 6.07) is 13.7. The monoisotopic (exact) mass is 419 g/mol. The Bertz CT molecular complexity index is 1010. The molecule has 6 nitrogen and oxygen atoms in total. The highest BCUT2D eigenvalue weighted by Gasteiger charge is 2.15. The maximum absolute atomic E-state index is 12.6. The molecule has 1 amide bonds. The van der Waals surface area contributed by atoms with Gasteiger partial charge in [0.1, 0.15) is 11.6 Å². The van der Waals surface area contributed by atoms with Gasteiger partial charge in [0.15, 0.2) is 11.5 Å². The fourth-order valence-corrected chi connectivity index (χ4v) is 3.86. The molecule has 2 aromatic rings. The first-order chi connectivity index (χ1) is 15.1. The van der Waals surface area contributed by atoms with Crippen molar-refractivity contribution in [1.29, 1.82) is 5.26 Å². The molecule has 2 aromatic carbocycles. The second-order valence-electron chi connectivity index (χ2n) is 7.56. The quantitative estimate of drug-likeness (QED) is 0.480. The first-order valence-corrected chi connectivity index (χ1v) is 10.6. The molecule has 0 saturated carbocycles. The van der Waals surface area contributed by atoms with Gasteiger partial charge in [0, 0.05) is 18.0 Å². The molecule has 0 bridgehead atoms. The lowest BCUT2D eigenvalue weighted by Crippen LogP contribution is -2.20. The van der Waals surface area contributed by atoms with Gasteiger partial charge >= 0.3 is 0 Å². The van der Waals surface area contributed by atoms with E-state index < -0.39 is 5.91 Å². The molecule has 1 aliphatic rings. The van der Waals surface area contributed by atoms with Gasteiger partial charge in [-0.2, -0.15) is 5.26 Å². The summed E-state index contributed by atoms with van der Waals surface area (Å²) in [5, 5.41) is 15.5. The zero-order valence-electron chi connectivity index (χ0n) is 18.3. The van der Waals surface area contributed by atoms with Crippen LogP contribution in [0.15, 0.2) is 48.2 Å². The summed E-state index contributed by atoms with van der Waals surface area (Å²) < 4.78 is 10.5. The van der Waals surface area contributed by atoms with Crippen molar-refractivity contribution < 1.29 is 14.3 Å². The lowest BCUT2D eigenvalue weighted by atomic mass is 9.89. The summed E-state index contributed by atoms with van der Waals surface area (Å²) in [5.74, 6) is 0.580. The molecule has 1 unspecified atom stereocenters. The molecule has 0 heterocycles. The molecule has 0 saturated heterocycles. The van der Waals surface area contributed by atoms with Crippen molar-refractivity contribution in [2.75, 3.05) is 19.5 Å². The lowest BCUT2D eigenvalue weighted by molar-refractivity contribution is -0.112. The molecule has 31 heavy (non-hydrogen) atoms. The highest BCUT2D eigenvalue weighted by molar-refractivity contribution is 6.06. The van der Waals surface area contributed by atoms with E-state index in [4.69, 9.17) is 9.47 Å². The molecule has 0 radical (unpaired) electrons. The zero-order chi connectivity index (χ0) is 22.2. The van der Waals surface area contributed by atoms with Crippen LogP contribution < -0.4 is 20.1 Å². The SMILES string of the molecule is CCC(N/C=C(/C#N)C(=O)Nc1ccc(OC)c(OC)c1)c1ccc2c(c1)CCCC2. The Morgan fingerprint density at radius 2 is 1.84 bits per heavy atom. The highest BCUT2D eigenvalue weighted by atomic mass is 16.5. The summed E-state index contributed by atoms with van der Waals surface area (Å²) in [5.41, 5.74) is 4.56. The van der Waals surface area contributed by atoms with Crippen LogP contribution in [0.5, 0.6) is 11.5 Å². The normalized spacial score (nSPS) is 14.1. The Morgan fingerprint density at radius 1 is 1.10 bits per heavy atom. The van der Waals surface area contributed by atoms with Gasteiger partial charge in [0.25, 0.3) is 5.91 Å². The van der Waals surface area contributed by atoms with Gasteiger partial charge < -0.3 is 20.1 Å². The first-order valence-electron chi connectivity index (χ1n) is 10.6. The van der Waals surface area contributed by atoms with E-state index in [0.29, 0.717) is 17.2 Å². The predicted molar refractivity (Wildman–Crippen MR) is 121 cm³/mol. The number of amides is 1. The first kappa shape index (κ1) is 22.2. The minimum atomic E-state index is -0.484. The Balaban J connectivity index is 1.71. The Kier molecular flexibility index (Phi) is 7.55. The molecular weight excluding hydrogens is 390 g/mol. The smallest absolute Gasteiger partial charge is 0.267 e. The number of nitrogens with one attached hydrogen (secondary N) is 2. The number of carbonyl (C=O) groups is 1. The van der Waals surface area contributed by atoms with Crippen molar-refractivity contribution in [1.82, 2.24) is 5.32 Å². The van der Waals surface area contributed by atoms with Gasteiger partial charge in [-0.15, -0.1) is 0 Å². The van der Waals surface area contributed by atoms with Crippen LogP contribution in [-0.2, 0) is 17.6 Å². The number of aryl methyl sites for hydroxylation is 2. The summed E-state index contributed by atoms with van der Waals surface area (Å²) in [4.78, 5) is 12.6. The molecule has 6 heteroatoms. The topological polar surface area (TPSA) is 83.4 Å². The molecule has 2 N–H and O–H groups in total. The number of ether oxygens (including phenoxy) is 2. The van der Waals surface area contributed by atoms with Crippen LogP contribution in [0, 0.1) is 11.3 Å². The average molecular weight is 420 g/mol. The fraction of sp³-hybridized carbons (Fsp3) is 0.360. The van der Waals surface area contributed by atoms with Crippen LogP contribution >= 0.6 is 0 Å². The van der Waals surface area contributed by atoms with Crippen LogP contribution in [-0.4, -0.2) is 20.1 Å². The Hall–Kier alpha value is -3.46. The average Bonchev–Trinajstić information content (AvgIpc) is 2.81. The van der Waals surface area contributed by atoms with Gasteiger partial charge in [0.05, 0.1) is 20.3 Å². The molecule has 1 atom stereocenters. The van der Waals surface area contributed by atoms with Crippen molar-refractivity contribution >= 4 is 11.6 Å². The molecule has 0 fully saturated rings. The Morgan fingerprint density at radius 3 is 2.52 bits per heavy atom. The van der Waals surface area contributed by atoms with E-state index >= 15 is 0 Å². The standard InChI is InChI=1S/C25H29N3O3/c1-4-22(19-10-9-17-7-5-6-8-18(17)13-19)27-16-20(15-26)25(29)28-21-11-12-23(30-2)24(14-21)31-3/h9-14,16,22,27H,4-8H2,1-3H3,(H,28,29)/b20-16-. The summed E-state index contributed by atoms with van der Waals surface area (Å²) in [7, 11) is 3.07. The summed E-state index contributed by atoms with van der Waals surface area (Å²) in [6.45, 7) is 2.08. The van der Waals surface area contributed by atoms with Crippen LogP contribution in [0.4, 0.5) is 5.69 Å². The number of nitriles is 1. The summed E-state index contributed by atoms with van der Waals surface area (Å²) >= 11 is 0. The third kappa shape index (κ3) is 5.37. The molecule has 162 valence electrons. The highest BCUT2D eigenvalue weighted by Crippen LogP contribution is 2.30. The van der Waals surface area contributed by atoms with Crippen molar-refractivity contribution in [3.8, 4) is 17.6 Å². The number of anilines is 1. The van der Waals surface area contributed by atoms with Crippen molar-refractivity contribution in [2.24, 2.45) is 0 Å². The van der Waals surface area contributed by atoms with Crippen LogP contribution in [0.25, 0.3) is 0 Å². The third-order valence-electron chi connectivity index (χ3n) is 5.62. The van der Waals surface area contributed by atoms with Crippen LogP contribution in [0.2, 0.25) is 0 Å². The van der Waals surface area contributed by atoms with E-state index in [0.717, 1.165) is 19.3 Å². The van der Waals surface area contributed by atoms with Crippen molar-refractivity contribution in [2.45, 2.75) is 45.1 Å². The number of benzene rings is 2. The maximum Gasteiger partial charge on any atom is 0.267 e. The van der Waals surface area contributed by atoms with Crippen LogP contribution in [0.3, 0.4) is 0 Å². The zero-order valence-corrected chi connectivity index (χ0v) is 18.3. The van der Waals surface area contributed by atoms with E-state index in [1.165, 1.54) is 42.8 Å². The molecule has 1 aliphatic carbocycles. The second kappa shape index (κ2) is 10.5. The van der Waals surface area contributed by atoms with Crippen molar-refractivity contribution in [3.63, 3.8) is 0 Å². The van der Waals surface area contributed by atoms with E-state index in [9.17, 15) is 10.1 Å². The van der Waals surface area contributed by atoms with E-state index in [1.807, 2.05) is 6.07 Å². The number of nitrogens with zero attached hydrogens (tertiary/aromatic N) is 1. The minimum absolute atomic E-state index is 0.00574. The third-order valence-corrected chi connectivity index (χ3v) is 5.62. The van der Waals surface area contributed by atoms with Gasteiger partial charge in [-0.1, -0.05) is 25.1 Å². The largest absolute Gasteiger partial charge is 0.493 e. The minimum Gasteiger partial charge on any atom is -0.493 e. The van der Waals surface area contributed by atoms with Gasteiger partial charge in [-0.05, 0) is 60.9 Å². The molecule has 3 rings (SSSR count). The van der Waals surface area contributed by atoms with E-state index in [-0.39, 0.29) is 11.6 Å². The number of methoxy groups -OCH3 is 2. The van der Waals surface area contributed by atoms with E-state index in [1.54, 1.807) is 25.3 Å². The molecule has 0 aliphatic heterocycles. The number of hydrogen-bond donors (Lipinski definition) is 2. The number of fused-ring (bicyclic) bond motifs is 1. The maximum atomic E-state index is 12.6. The van der Waals surface area contributed by atoms with Gasteiger partial charge in [-0.3, -0.25) is 4.79 Å². The van der Waals surface area contributed by atoms with Gasteiger partial charge in [-0.25, -0.2) is 0 Å². The number of rotatable bonds is 8.